The Morgan fingerprint density at radius 2 is 1.91 bits per heavy atom. The van der Waals surface area contributed by atoms with E-state index in [1.165, 1.54) is 11.5 Å². The summed E-state index contributed by atoms with van der Waals surface area (Å²) in [6, 6.07) is 0.268. The topological polar surface area (TPSA) is 39.7 Å². The lowest BCUT2D eigenvalue weighted by Crippen LogP contribution is -2.64. The molecule has 0 bridgehead atoms. The number of anilines is 1. The fourth-order valence-electron chi connectivity index (χ4n) is 2.58. The van der Waals surface area contributed by atoms with E-state index in [1.807, 2.05) is 9.80 Å². The van der Waals surface area contributed by atoms with Crippen LogP contribution in [0.1, 0.15) is 52.8 Å². The third-order valence-corrected chi connectivity index (χ3v) is 5.27. The second-order valence-corrected chi connectivity index (χ2v) is 7.93. The Kier molecular flexibility index (Phi) is 4.82. The van der Waals surface area contributed by atoms with Crippen LogP contribution in [0.2, 0.25) is 0 Å². The number of nitrogens with zero attached hydrogens (tertiary/aromatic N) is 4. The zero-order valence-electron chi connectivity index (χ0n) is 14.8. The summed E-state index contributed by atoms with van der Waals surface area (Å²) in [5, 5.41) is 0.987. The zero-order valence-corrected chi connectivity index (χ0v) is 15.6. The summed E-state index contributed by atoms with van der Waals surface area (Å²) < 4.78 is 4.51. The highest BCUT2D eigenvalue weighted by molar-refractivity contribution is 7.10. The number of rotatable bonds is 3. The Balaban J connectivity index is 2.39. The quantitative estimate of drug-likeness (QED) is 0.851. The van der Waals surface area contributed by atoms with Crippen LogP contribution < -0.4 is 4.90 Å². The molecule has 124 valence electrons. The van der Waals surface area contributed by atoms with Crippen molar-refractivity contribution in [3.05, 3.63) is 11.3 Å². The number of aromatic nitrogens is 1. The van der Waals surface area contributed by atoms with Crippen molar-refractivity contribution in [3.8, 4) is 0 Å². The minimum Gasteiger partial charge on any atom is -0.309 e. The van der Waals surface area contributed by atoms with Crippen LogP contribution in [0.5, 0.6) is 0 Å². The van der Waals surface area contributed by atoms with Gasteiger partial charge in [-0.2, -0.15) is 4.37 Å². The van der Waals surface area contributed by atoms with E-state index in [0.717, 1.165) is 22.7 Å². The van der Waals surface area contributed by atoms with Crippen molar-refractivity contribution in [2.24, 2.45) is 0 Å². The lowest BCUT2D eigenvalue weighted by Gasteiger charge is -2.48. The van der Waals surface area contributed by atoms with Gasteiger partial charge in [0, 0.05) is 17.1 Å². The number of amides is 2. The molecule has 0 atom stereocenters. The predicted octanol–water partition coefficient (Wildman–Crippen LogP) is 3.68. The van der Waals surface area contributed by atoms with E-state index in [2.05, 4.69) is 57.7 Å². The molecule has 0 N–H and O–H groups in total. The summed E-state index contributed by atoms with van der Waals surface area (Å²) in [4.78, 5) is 19.0. The van der Waals surface area contributed by atoms with Crippen LogP contribution in [-0.2, 0) is 6.42 Å². The van der Waals surface area contributed by atoms with Crippen LogP contribution in [0.25, 0.3) is 0 Å². The lowest BCUT2D eigenvalue weighted by atomic mass is 10.1. The fraction of sp³-hybridized carbons (Fsp3) is 0.750. The molecular weight excluding hydrogens is 296 g/mol. The maximum atomic E-state index is 12.9. The Morgan fingerprint density at radius 1 is 1.27 bits per heavy atom. The van der Waals surface area contributed by atoms with E-state index >= 15 is 0 Å². The maximum Gasteiger partial charge on any atom is 0.327 e. The molecule has 5 nitrogen and oxygen atoms in total. The minimum atomic E-state index is 0.0122. The Hall–Kier alpha value is -1.14. The van der Waals surface area contributed by atoms with Crippen LogP contribution in [0.4, 0.5) is 9.80 Å². The highest BCUT2D eigenvalue weighted by atomic mass is 32.1. The van der Waals surface area contributed by atoms with Gasteiger partial charge in [0.1, 0.15) is 5.00 Å². The van der Waals surface area contributed by atoms with E-state index < -0.39 is 0 Å². The average molecular weight is 324 g/mol. The van der Waals surface area contributed by atoms with Crippen molar-refractivity contribution in [2.75, 3.05) is 18.2 Å². The first kappa shape index (κ1) is 17.2. The summed E-state index contributed by atoms with van der Waals surface area (Å²) in [6.07, 6.45) is 0.904. The Labute approximate surface area is 138 Å². The fourth-order valence-corrected chi connectivity index (χ4v) is 3.53. The van der Waals surface area contributed by atoms with Gasteiger partial charge >= 0.3 is 6.03 Å². The van der Waals surface area contributed by atoms with Crippen LogP contribution in [0.3, 0.4) is 0 Å². The first-order chi connectivity index (χ1) is 10.2. The molecule has 0 radical (unpaired) electrons. The highest BCUT2D eigenvalue weighted by Crippen LogP contribution is 2.33. The van der Waals surface area contributed by atoms with Gasteiger partial charge in [0.15, 0.2) is 0 Å². The highest BCUT2D eigenvalue weighted by Gasteiger charge is 2.38. The maximum absolute atomic E-state index is 12.9. The molecular formula is C16H28N4OS. The van der Waals surface area contributed by atoms with Gasteiger partial charge in [-0.05, 0) is 59.5 Å². The molecule has 0 spiro atoms. The van der Waals surface area contributed by atoms with Crippen LogP contribution in [0.15, 0.2) is 0 Å². The van der Waals surface area contributed by atoms with E-state index in [1.54, 1.807) is 0 Å². The molecule has 1 saturated heterocycles. The number of urea groups is 1. The smallest absolute Gasteiger partial charge is 0.309 e. The zero-order chi connectivity index (χ0) is 16.7. The van der Waals surface area contributed by atoms with E-state index in [0.29, 0.717) is 13.3 Å². The summed E-state index contributed by atoms with van der Waals surface area (Å²) in [5.74, 6) is 0. The van der Waals surface area contributed by atoms with Gasteiger partial charge in [-0.1, -0.05) is 6.92 Å². The molecule has 2 rings (SSSR count). The van der Waals surface area contributed by atoms with Crippen LogP contribution >= 0.6 is 11.5 Å². The van der Waals surface area contributed by atoms with Gasteiger partial charge in [-0.3, -0.25) is 9.80 Å². The Morgan fingerprint density at radius 3 is 2.36 bits per heavy atom. The van der Waals surface area contributed by atoms with Crippen molar-refractivity contribution < 1.29 is 4.79 Å². The molecule has 22 heavy (non-hydrogen) atoms. The molecule has 1 aromatic heterocycles. The molecule has 0 aliphatic carbocycles. The Bertz CT molecular complexity index is 547. The molecule has 0 saturated carbocycles. The lowest BCUT2D eigenvalue weighted by molar-refractivity contribution is 0.0400. The van der Waals surface area contributed by atoms with Crippen molar-refractivity contribution in [3.63, 3.8) is 0 Å². The number of carbonyl (C=O) groups excluding carboxylic acids is 1. The van der Waals surface area contributed by atoms with Gasteiger partial charge in [-0.15, -0.1) is 0 Å². The standard InChI is InChI=1S/C16H28N4OS/c1-8-13-12(4)14(22-17-13)20-10-18(16(5,6)7)9-19(11(2)3)15(20)21/h11H,8-10H2,1-7H3. The third kappa shape index (κ3) is 3.13. The van der Waals surface area contributed by atoms with Crippen molar-refractivity contribution >= 4 is 22.6 Å². The van der Waals surface area contributed by atoms with Gasteiger partial charge in [0.2, 0.25) is 0 Å². The largest absolute Gasteiger partial charge is 0.327 e. The molecule has 1 aliphatic heterocycles. The van der Waals surface area contributed by atoms with Crippen LogP contribution in [-0.4, -0.2) is 45.1 Å². The second kappa shape index (κ2) is 6.16. The minimum absolute atomic E-state index is 0.0122. The van der Waals surface area contributed by atoms with Gasteiger partial charge in [-0.25, -0.2) is 4.79 Å². The predicted molar refractivity (Wildman–Crippen MR) is 92.4 cm³/mol. The summed E-state index contributed by atoms with van der Waals surface area (Å²) in [6.45, 7) is 16.2. The van der Waals surface area contributed by atoms with E-state index in [-0.39, 0.29) is 17.6 Å². The van der Waals surface area contributed by atoms with E-state index in [9.17, 15) is 4.79 Å². The molecule has 1 aliphatic rings. The van der Waals surface area contributed by atoms with Gasteiger partial charge in [0.05, 0.1) is 19.0 Å². The number of aryl methyl sites for hydroxylation is 1. The van der Waals surface area contributed by atoms with Crippen molar-refractivity contribution in [1.82, 2.24) is 14.2 Å². The molecule has 6 heteroatoms. The first-order valence-corrected chi connectivity index (χ1v) is 8.72. The monoisotopic (exact) mass is 324 g/mol. The van der Waals surface area contributed by atoms with Gasteiger partial charge in [0.25, 0.3) is 0 Å². The molecule has 1 aromatic rings. The first-order valence-electron chi connectivity index (χ1n) is 7.95. The number of carbonyl (C=O) groups is 1. The number of hydrogen-bond acceptors (Lipinski definition) is 4. The molecule has 0 unspecified atom stereocenters. The normalized spacial score (nSPS) is 17.7. The number of hydrogen-bond donors (Lipinski definition) is 0. The van der Waals surface area contributed by atoms with Gasteiger partial charge < -0.3 is 4.90 Å². The summed E-state index contributed by atoms with van der Waals surface area (Å²) >= 11 is 1.44. The molecule has 2 amide bonds. The van der Waals surface area contributed by atoms with Crippen molar-refractivity contribution in [1.29, 1.82) is 0 Å². The summed E-state index contributed by atoms with van der Waals surface area (Å²) in [7, 11) is 0. The second-order valence-electron chi connectivity index (χ2n) is 7.18. The molecule has 2 heterocycles. The summed E-state index contributed by atoms with van der Waals surface area (Å²) in [5.41, 5.74) is 2.25. The molecule has 1 fully saturated rings. The average Bonchev–Trinajstić information content (AvgIpc) is 2.78. The van der Waals surface area contributed by atoms with E-state index in [4.69, 9.17) is 0 Å². The third-order valence-electron chi connectivity index (χ3n) is 4.26. The van der Waals surface area contributed by atoms with Crippen molar-refractivity contribution in [2.45, 2.75) is 66.5 Å². The molecule has 0 aromatic carbocycles. The SMILES string of the molecule is CCc1nsc(N2CN(C(C)(C)C)CN(C(C)C)C2=O)c1C. The van der Waals surface area contributed by atoms with Crippen LogP contribution in [0, 0.1) is 6.92 Å².